The van der Waals surface area contributed by atoms with E-state index in [9.17, 15) is 5.11 Å². The summed E-state index contributed by atoms with van der Waals surface area (Å²) in [5.74, 6) is 0. The standard InChI is InChI=1S/C16H26N2O/c1-4-13-7-6-8-14(5-2)15(13)18-10-9-17-11-16(3,19)12-18/h6-8,17,19H,4-5,9-12H2,1-3H3. The summed E-state index contributed by atoms with van der Waals surface area (Å²) in [5.41, 5.74) is 3.45. The smallest absolute Gasteiger partial charge is 0.0917 e. The third kappa shape index (κ3) is 3.28. The number of hydrogen-bond donors (Lipinski definition) is 2. The maximum absolute atomic E-state index is 10.4. The number of rotatable bonds is 3. The Hall–Kier alpha value is -1.06. The highest BCUT2D eigenvalue weighted by Crippen LogP contribution is 2.28. The van der Waals surface area contributed by atoms with Gasteiger partial charge in [-0.2, -0.15) is 0 Å². The average Bonchev–Trinajstić information content (AvgIpc) is 2.58. The molecular formula is C16H26N2O. The molecule has 0 bridgehead atoms. The van der Waals surface area contributed by atoms with Crippen LogP contribution < -0.4 is 10.2 Å². The van der Waals surface area contributed by atoms with Crippen LogP contribution in [0.3, 0.4) is 0 Å². The summed E-state index contributed by atoms with van der Waals surface area (Å²) in [6.07, 6.45) is 2.07. The van der Waals surface area contributed by atoms with Gasteiger partial charge in [0.05, 0.1) is 5.60 Å². The first-order chi connectivity index (χ1) is 9.07. The molecular weight excluding hydrogens is 236 g/mol. The molecule has 1 unspecified atom stereocenters. The van der Waals surface area contributed by atoms with Crippen molar-refractivity contribution >= 4 is 5.69 Å². The quantitative estimate of drug-likeness (QED) is 0.874. The van der Waals surface area contributed by atoms with E-state index in [1.165, 1.54) is 16.8 Å². The molecule has 0 radical (unpaired) electrons. The van der Waals surface area contributed by atoms with Crippen LogP contribution in [0.2, 0.25) is 0 Å². The van der Waals surface area contributed by atoms with Gasteiger partial charge in [0.2, 0.25) is 0 Å². The molecule has 0 aliphatic carbocycles. The van der Waals surface area contributed by atoms with Crippen LogP contribution in [0.25, 0.3) is 0 Å². The zero-order chi connectivity index (χ0) is 13.9. The van der Waals surface area contributed by atoms with Gasteiger partial charge >= 0.3 is 0 Å². The Balaban J connectivity index is 2.38. The molecule has 0 amide bonds. The van der Waals surface area contributed by atoms with Gasteiger partial charge in [0.25, 0.3) is 0 Å². The van der Waals surface area contributed by atoms with E-state index in [2.05, 4.69) is 42.3 Å². The lowest BCUT2D eigenvalue weighted by molar-refractivity contribution is 0.0729. The van der Waals surface area contributed by atoms with Crippen molar-refractivity contribution in [2.75, 3.05) is 31.1 Å². The van der Waals surface area contributed by atoms with Crippen LogP contribution in [0.5, 0.6) is 0 Å². The molecule has 3 heteroatoms. The van der Waals surface area contributed by atoms with Crippen LogP contribution in [-0.2, 0) is 12.8 Å². The van der Waals surface area contributed by atoms with Crippen LogP contribution in [0.1, 0.15) is 31.9 Å². The van der Waals surface area contributed by atoms with E-state index in [1.54, 1.807) is 0 Å². The van der Waals surface area contributed by atoms with Gasteiger partial charge in [0, 0.05) is 31.9 Å². The van der Waals surface area contributed by atoms with Crippen molar-refractivity contribution < 1.29 is 5.11 Å². The van der Waals surface area contributed by atoms with E-state index < -0.39 is 5.60 Å². The Morgan fingerprint density at radius 2 is 1.89 bits per heavy atom. The zero-order valence-corrected chi connectivity index (χ0v) is 12.4. The summed E-state index contributed by atoms with van der Waals surface area (Å²) < 4.78 is 0. The number of aryl methyl sites for hydroxylation is 2. The molecule has 1 aromatic rings. The summed E-state index contributed by atoms with van der Waals surface area (Å²) in [4.78, 5) is 2.36. The minimum atomic E-state index is -0.664. The number of nitrogens with one attached hydrogen (secondary N) is 1. The van der Waals surface area contributed by atoms with E-state index in [4.69, 9.17) is 0 Å². The predicted octanol–water partition coefficient (Wildman–Crippen LogP) is 1.97. The fourth-order valence-electron chi connectivity index (χ4n) is 2.93. The zero-order valence-electron chi connectivity index (χ0n) is 12.4. The van der Waals surface area contributed by atoms with Gasteiger partial charge in [-0.25, -0.2) is 0 Å². The topological polar surface area (TPSA) is 35.5 Å². The van der Waals surface area contributed by atoms with Crippen molar-refractivity contribution in [3.63, 3.8) is 0 Å². The monoisotopic (exact) mass is 262 g/mol. The van der Waals surface area contributed by atoms with E-state index in [-0.39, 0.29) is 0 Å². The van der Waals surface area contributed by atoms with Gasteiger partial charge in [0.15, 0.2) is 0 Å². The molecule has 1 atom stereocenters. The van der Waals surface area contributed by atoms with Gasteiger partial charge in [-0.15, -0.1) is 0 Å². The van der Waals surface area contributed by atoms with Crippen molar-refractivity contribution in [2.45, 2.75) is 39.2 Å². The number of hydrogen-bond acceptors (Lipinski definition) is 3. The fourth-order valence-corrected chi connectivity index (χ4v) is 2.93. The van der Waals surface area contributed by atoms with Crippen molar-refractivity contribution in [3.05, 3.63) is 29.3 Å². The molecule has 1 aliphatic heterocycles. The normalized spacial score (nSPS) is 24.3. The molecule has 106 valence electrons. The van der Waals surface area contributed by atoms with Crippen molar-refractivity contribution in [1.82, 2.24) is 5.32 Å². The third-order valence-electron chi connectivity index (χ3n) is 3.88. The maximum atomic E-state index is 10.4. The van der Waals surface area contributed by atoms with E-state index in [0.29, 0.717) is 13.1 Å². The summed E-state index contributed by atoms with van der Waals surface area (Å²) in [7, 11) is 0. The van der Waals surface area contributed by atoms with Crippen LogP contribution in [-0.4, -0.2) is 36.9 Å². The molecule has 2 N–H and O–H groups in total. The molecule has 0 aromatic heterocycles. The second-order valence-corrected chi connectivity index (χ2v) is 5.73. The van der Waals surface area contributed by atoms with Crippen LogP contribution in [0.15, 0.2) is 18.2 Å². The van der Waals surface area contributed by atoms with E-state index in [1.807, 2.05) is 6.92 Å². The van der Waals surface area contributed by atoms with Crippen LogP contribution in [0.4, 0.5) is 5.69 Å². The first kappa shape index (κ1) is 14.4. The van der Waals surface area contributed by atoms with Gasteiger partial charge in [-0.1, -0.05) is 32.0 Å². The Labute approximate surface area is 116 Å². The second-order valence-electron chi connectivity index (χ2n) is 5.73. The number of benzene rings is 1. The van der Waals surface area contributed by atoms with Crippen LogP contribution >= 0.6 is 0 Å². The molecule has 1 saturated heterocycles. The first-order valence-corrected chi connectivity index (χ1v) is 7.36. The van der Waals surface area contributed by atoms with Crippen molar-refractivity contribution in [3.8, 4) is 0 Å². The Morgan fingerprint density at radius 1 is 1.26 bits per heavy atom. The number of aliphatic hydroxyl groups is 1. The van der Waals surface area contributed by atoms with Crippen LogP contribution in [0, 0.1) is 0 Å². The third-order valence-corrected chi connectivity index (χ3v) is 3.88. The van der Waals surface area contributed by atoms with E-state index >= 15 is 0 Å². The highest BCUT2D eigenvalue weighted by atomic mass is 16.3. The molecule has 0 spiro atoms. The number of nitrogens with zero attached hydrogens (tertiary/aromatic N) is 1. The van der Waals surface area contributed by atoms with Gasteiger partial charge < -0.3 is 15.3 Å². The fraction of sp³-hybridized carbons (Fsp3) is 0.625. The Bertz CT molecular complexity index is 407. The highest BCUT2D eigenvalue weighted by Gasteiger charge is 2.28. The molecule has 0 saturated carbocycles. The highest BCUT2D eigenvalue weighted by molar-refractivity contribution is 5.60. The summed E-state index contributed by atoms with van der Waals surface area (Å²) in [5, 5.41) is 13.7. The molecule has 19 heavy (non-hydrogen) atoms. The van der Waals surface area contributed by atoms with Crippen molar-refractivity contribution in [2.24, 2.45) is 0 Å². The number of anilines is 1. The lowest BCUT2D eigenvalue weighted by Crippen LogP contribution is -2.43. The Morgan fingerprint density at radius 3 is 2.47 bits per heavy atom. The summed E-state index contributed by atoms with van der Waals surface area (Å²) in [6.45, 7) is 9.57. The van der Waals surface area contributed by atoms with Gasteiger partial charge in [0.1, 0.15) is 0 Å². The molecule has 2 rings (SSSR count). The van der Waals surface area contributed by atoms with Gasteiger partial charge in [-0.3, -0.25) is 0 Å². The lowest BCUT2D eigenvalue weighted by Gasteiger charge is -2.32. The molecule has 3 nitrogen and oxygen atoms in total. The largest absolute Gasteiger partial charge is 0.387 e. The maximum Gasteiger partial charge on any atom is 0.0917 e. The molecule has 1 aromatic carbocycles. The number of β-amino-alcohol motifs (C(OH)–C–C–N with tert-alkyl or cyclic N) is 1. The number of para-hydroxylation sites is 1. The van der Waals surface area contributed by atoms with Gasteiger partial charge in [-0.05, 0) is 30.9 Å². The lowest BCUT2D eigenvalue weighted by atomic mass is 10.00. The molecule has 1 fully saturated rings. The minimum Gasteiger partial charge on any atom is -0.387 e. The minimum absolute atomic E-state index is 0.664. The average molecular weight is 262 g/mol. The molecule has 1 aliphatic rings. The predicted molar refractivity (Wildman–Crippen MR) is 80.9 cm³/mol. The second kappa shape index (κ2) is 5.93. The summed E-state index contributed by atoms with van der Waals surface area (Å²) >= 11 is 0. The molecule has 1 heterocycles. The Kier molecular flexibility index (Phi) is 4.48. The van der Waals surface area contributed by atoms with Crippen molar-refractivity contribution in [1.29, 1.82) is 0 Å². The first-order valence-electron chi connectivity index (χ1n) is 7.36. The summed E-state index contributed by atoms with van der Waals surface area (Å²) in [6, 6.07) is 6.57. The SMILES string of the molecule is CCc1cccc(CC)c1N1CCNCC(C)(O)C1. The van der Waals surface area contributed by atoms with E-state index in [0.717, 1.165) is 25.9 Å².